The van der Waals surface area contributed by atoms with Crippen molar-refractivity contribution in [1.29, 1.82) is 0 Å². The zero-order chi connectivity index (χ0) is 14.2. The SMILES string of the molecule is CCCNC(=O)NCc1ccc(Oc2nccs2)cc1. The third-order valence-electron chi connectivity index (χ3n) is 2.53. The van der Waals surface area contributed by atoms with Gasteiger partial charge in [0.15, 0.2) is 0 Å². The van der Waals surface area contributed by atoms with Gasteiger partial charge in [0.05, 0.1) is 0 Å². The highest BCUT2D eigenvalue weighted by atomic mass is 32.1. The zero-order valence-corrected chi connectivity index (χ0v) is 12.1. The molecule has 0 bridgehead atoms. The Morgan fingerprint density at radius 2 is 2.10 bits per heavy atom. The van der Waals surface area contributed by atoms with Gasteiger partial charge >= 0.3 is 6.03 Å². The minimum atomic E-state index is -0.144. The first kappa shape index (κ1) is 14.3. The number of hydrogen-bond acceptors (Lipinski definition) is 4. The van der Waals surface area contributed by atoms with Crippen LogP contribution in [-0.4, -0.2) is 17.6 Å². The number of amides is 2. The lowest BCUT2D eigenvalue weighted by Crippen LogP contribution is -2.35. The van der Waals surface area contributed by atoms with Gasteiger partial charge in [0.1, 0.15) is 5.75 Å². The van der Waals surface area contributed by atoms with E-state index in [1.807, 2.05) is 36.6 Å². The van der Waals surface area contributed by atoms with Gasteiger partial charge in [-0.3, -0.25) is 0 Å². The second-order valence-corrected chi connectivity index (χ2v) is 5.01. The van der Waals surface area contributed by atoms with E-state index in [1.165, 1.54) is 11.3 Å². The molecule has 2 amide bonds. The molecule has 1 aromatic carbocycles. The van der Waals surface area contributed by atoms with Crippen LogP contribution in [0.5, 0.6) is 10.9 Å². The van der Waals surface area contributed by atoms with E-state index in [4.69, 9.17) is 4.74 Å². The number of benzene rings is 1. The van der Waals surface area contributed by atoms with Gasteiger partial charge in [0.2, 0.25) is 0 Å². The molecule has 1 aromatic heterocycles. The van der Waals surface area contributed by atoms with Gasteiger partial charge in [0.25, 0.3) is 5.19 Å². The Morgan fingerprint density at radius 3 is 2.75 bits per heavy atom. The normalized spacial score (nSPS) is 10.1. The fourth-order valence-electron chi connectivity index (χ4n) is 1.52. The molecular formula is C14H17N3O2S. The number of nitrogens with zero attached hydrogens (tertiary/aromatic N) is 1. The van der Waals surface area contributed by atoms with E-state index in [2.05, 4.69) is 15.6 Å². The Hall–Kier alpha value is -2.08. The number of rotatable bonds is 6. The number of nitrogens with one attached hydrogen (secondary N) is 2. The van der Waals surface area contributed by atoms with Crippen molar-refractivity contribution in [2.75, 3.05) is 6.54 Å². The van der Waals surface area contributed by atoms with Gasteiger partial charge in [-0.1, -0.05) is 30.4 Å². The second kappa shape index (κ2) is 7.49. The molecule has 20 heavy (non-hydrogen) atoms. The molecule has 106 valence electrons. The summed E-state index contributed by atoms with van der Waals surface area (Å²) in [6.45, 7) is 3.20. The second-order valence-electron chi connectivity index (χ2n) is 4.15. The molecule has 0 unspecified atom stereocenters. The Labute approximate surface area is 122 Å². The van der Waals surface area contributed by atoms with Gasteiger partial charge in [0, 0.05) is 24.7 Å². The van der Waals surface area contributed by atoms with Crippen molar-refractivity contribution >= 4 is 17.4 Å². The minimum absolute atomic E-state index is 0.144. The van der Waals surface area contributed by atoms with E-state index in [0.29, 0.717) is 18.3 Å². The minimum Gasteiger partial charge on any atom is -0.431 e. The third-order valence-corrected chi connectivity index (χ3v) is 3.17. The number of thiazole rings is 1. The van der Waals surface area contributed by atoms with E-state index in [-0.39, 0.29) is 6.03 Å². The van der Waals surface area contributed by atoms with E-state index >= 15 is 0 Å². The number of carbonyl (C=O) groups excluding carboxylic acids is 1. The van der Waals surface area contributed by atoms with Gasteiger partial charge < -0.3 is 15.4 Å². The van der Waals surface area contributed by atoms with E-state index in [1.54, 1.807) is 6.20 Å². The molecule has 0 atom stereocenters. The molecule has 0 radical (unpaired) electrons. The molecule has 1 heterocycles. The molecule has 2 aromatic rings. The summed E-state index contributed by atoms with van der Waals surface area (Å²) in [5.74, 6) is 0.735. The Morgan fingerprint density at radius 1 is 1.30 bits per heavy atom. The average molecular weight is 291 g/mol. The van der Waals surface area contributed by atoms with Crippen LogP contribution in [0.15, 0.2) is 35.8 Å². The lowest BCUT2D eigenvalue weighted by molar-refractivity contribution is 0.240. The highest BCUT2D eigenvalue weighted by Crippen LogP contribution is 2.23. The first-order valence-corrected chi connectivity index (χ1v) is 7.34. The monoisotopic (exact) mass is 291 g/mol. The summed E-state index contributed by atoms with van der Waals surface area (Å²) in [6, 6.07) is 7.42. The molecule has 0 aliphatic carbocycles. The maximum absolute atomic E-state index is 11.4. The predicted molar refractivity (Wildman–Crippen MR) is 79.2 cm³/mol. The molecule has 2 rings (SSSR count). The summed E-state index contributed by atoms with van der Waals surface area (Å²) in [5.41, 5.74) is 1.02. The molecule has 0 spiro atoms. The summed E-state index contributed by atoms with van der Waals surface area (Å²) < 4.78 is 5.56. The standard InChI is InChI=1S/C14H17N3O2S/c1-2-7-15-13(18)17-10-11-3-5-12(6-4-11)19-14-16-8-9-20-14/h3-6,8-9H,2,7,10H2,1H3,(H2,15,17,18). The highest BCUT2D eigenvalue weighted by molar-refractivity contribution is 7.11. The average Bonchev–Trinajstić information content (AvgIpc) is 2.97. The number of aromatic nitrogens is 1. The molecule has 5 nitrogen and oxygen atoms in total. The van der Waals surface area contributed by atoms with Gasteiger partial charge in [-0.25, -0.2) is 9.78 Å². The van der Waals surface area contributed by atoms with Crippen LogP contribution in [0.4, 0.5) is 4.79 Å². The Kier molecular flexibility index (Phi) is 5.37. The van der Waals surface area contributed by atoms with E-state index < -0.39 is 0 Å². The number of carbonyl (C=O) groups is 1. The smallest absolute Gasteiger partial charge is 0.315 e. The van der Waals surface area contributed by atoms with Crippen LogP contribution >= 0.6 is 11.3 Å². The summed E-state index contributed by atoms with van der Waals surface area (Å²) in [7, 11) is 0. The molecule has 0 saturated carbocycles. The summed E-state index contributed by atoms with van der Waals surface area (Å²) in [6.07, 6.45) is 2.63. The van der Waals surface area contributed by atoms with Crippen LogP contribution in [0.2, 0.25) is 0 Å². The van der Waals surface area contributed by atoms with Crippen molar-refractivity contribution in [2.24, 2.45) is 0 Å². The fourth-order valence-corrected chi connectivity index (χ4v) is 2.02. The predicted octanol–water partition coefficient (Wildman–Crippen LogP) is 3.14. The summed E-state index contributed by atoms with van der Waals surface area (Å²) >= 11 is 1.45. The van der Waals surface area contributed by atoms with Crippen LogP contribution in [0.25, 0.3) is 0 Å². The molecule has 2 N–H and O–H groups in total. The summed E-state index contributed by atoms with van der Waals surface area (Å²) in [5, 5.41) is 8.04. The molecule has 0 fully saturated rings. The first-order valence-electron chi connectivity index (χ1n) is 6.46. The molecule has 0 saturated heterocycles. The highest BCUT2D eigenvalue weighted by Gasteiger charge is 2.01. The van der Waals surface area contributed by atoms with Crippen LogP contribution in [0.3, 0.4) is 0 Å². The lowest BCUT2D eigenvalue weighted by atomic mass is 10.2. The first-order chi connectivity index (χ1) is 9.78. The fraction of sp³-hybridized carbons (Fsp3) is 0.286. The van der Waals surface area contributed by atoms with Gasteiger partial charge in [-0.05, 0) is 24.1 Å². The molecule has 6 heteroatoms. The maximum Gasteiger partial charge on any atom is 0.315 e. The molecule has 0 aliphatic rings. The van der Waals surface area contributed by atoms with Crippen LogP contribution < -0.4 is 15.4 Å². The Balaban J connectivity index is 1.81. The van der Waals surface area contributed by atoms with E-state index in [9.17, 15) is 4.79 Å². The molecule has 0 aliphatic heterocycles. The number of ether oxygens (including phenoxy) is 1. The van der Waals surface area contributed by atoms with Crippen molar-refractivity contribution in [3.05, 3.63) is 41.4 Å². The summed E-state index contributed by atoms with van der Waals surface area (Å²) in [4.78, 5) is 15.5. The quantitative estimate of drug-likeness (QED) is 0.859. The van der Waals surface area contributed by atoms with Crippen molar-refractivity contribution in [1.82, 2.24) is 15.6 Å². The zero-order valence-electron chi connectivity index (χ0n) is 11.3. The van der Waals surface area contributed by atoms with Gasteiger partial charge in [-0.2, -0.15) is 0 Å². The van der Waals surface area contributed by atoms with Crippen molar-refractivity contribution in [3.63, 3.8) is 0 Å². The van der Waals surface area contributed by atoms with E-state index in [0.717, 1.165) is 17.7 Å². The topological polar surface area (TPSA) is 63.2 Å². The maximum atomic E-state index is 11.4. The van der Waals surface area contributed by atoms with Gasteiger partial charge in [-0.15, -0.1) is 0 Å². The largest absolute Gasteiger partial charge is 0.431 e. The van der Waals surface area contributed by atoms with Crippen LogP contribution in [-0.2, 0) is 6.54 Å². The number of hydrogen-bond donors (Lipinski definition) is 2. The van der Waals surface area contributed by atoms with Crippen molar-refractivity contribution in [2.45, 2.75) is 19.9 Å². The number of urea groups is 1. The third kappa shape index (κ3) is 4.55. The Bertz CT molecular complexity index is 526. The van der Waals surface area contributed by atoms with Crippen LogP contribution in [0, 0.1) is 0 Å². The van der Waals surface area contributed by atoms with Crippen molar-refractivity contribution < 1.29 is 9.53 Å². The molecular weight excluding hydrogens is 274 g/mol. The van der Waals surface area contributed by atoms with Crippen LogP contribution in [0.1, 0.15) is 18.9 Å². The van der Waals surface area contributed by atoms with Crippen molar-refractivity contribution in [3.8, 4) is 10.9 Å². The lowest BCUT2D eigenvalue weighted by Gasteiger charge is -2.07.